The van der Waals surface area contributed by atoms with Gasteiger partial charge in [-0.3, -0.25) is 4.79 Å². The summed E-state index contributed by atoms with van der Waals surface area (Å²) in [5, 5.41) is 8.87. The summed E-state index contributed by atoms with van der Waals surface area (Å²) in [6.07, 6.45) is 4.01. The average molecular weight is 186 g/mol. The summed E-state index contributed by atoms with van der Waals surface area (Å²) in [7, 11) is 0. The molecule has 2 nitrogen and oxygen atoms in total. The van der Waals surface area contributed by atoms with Crippen LogP contribution >= 0.6 is 0 Å². The highest BCUT2D eigenvalue weighted by atomic mass is 19.1. The van der Waals surface area contributed by atoms with Gasteiger partial charge in [0, 0.05) is 0 Å². The number of carboxylic acids is 1. The molecule has 0 aromatic heterocycles. The largest absolute Gasteiger partial charge is 0.481 e. The highest BCUT2D eigenvalue weighted by Crippen LogP contribution is 2.32. The van der Waals surface area contributed by atoms with E-state index in [0.717, 1.165) is 0 Å². The fraction of sp³-hybridized carbons (Fsp3) is 0.700. The Hall–Kier alpha value is -0.860. The van der Waals surface area contributed by atoms with Crippen molar-refractivity contribution in [3.8, 4) is 0 Å². The van der Waals surface area contributed by atoms with Crippen LogP contribution in [0.2, 0.25) is 0 Å². The highest BCUT2D eigenvalue weighted by Gasteiger charge is 2.33. The van der Waals surface area contributed by atoms with Crippen LogP contribution in [-0.2, 0) is 4.79 Å². The van der Waals surface area contributed by atoms with Crippen molar-refractivity contribution in [1.29, 1.82) is 0 Å². The third-order valence-electron chi connectivity index (χ3n) is 2.59. The van der Waals surface area contributed by atoms with Gasteiger partial charge in [-0.25, -0.2) is 4.39 Å². The van der Waals surface area contributed by atoms with Crippen LogP contribution in [0.1, 0.15) is 26.2 Å². The quantitative estimate of drug-likeness (QED) is 0.672. The van der Waals surface area contributed by atoms with Gasteiger partial charge in [0.2, 0.25) is 0 Å². The number of hydrogen-bond donors (Lipinski definition) is 1. The third-order valence-corrected chi connectivity index (χ3v) is 2.59. The Bertz CT molecular complexity index is 213. The minimum atomic E-state index is -0.822. The number of halogens is 1. The molecule has 1 aliphatic rings. The third kappa shape index (κ3) is 2.54. The van der Waals surface area contributed by atoms with Crippen molar-refractivity contribution < 1.29 is 14.3 Å². The Kier molecular flexibility index (Phi) is 3.46. The maximum absolute atomic E-state index is 13.0. The van der Waals surface area contributed by atoms with Gasteiger partial charge in [0.1, 0.15) is 6.17 Å². The van der Waals surface area contributed by atoms with Gasteiger partial charge in [-0.1, -0.05) is 12.2 Å². The molecule has 3 atom stereocenters. The molecule has 1 aliphatic carbocycles. The van der Waals surface area contributed by atoms with Crippen molar-refractivity contribution >= 4 is 5.97 Å². The monoisotopic (exact) mass is 186 g/mol. The summed E-state index contributed by atoms with van der Waals surface area (Å²) in [6, 6.07) is 0. The topological polar surface area (TPSA) is 37.3 Å². The molecule has 13 heavy (non-hydrogen) atoms. The summed E-state index contributed by atoms with van der Waals surface area (Å²) in [4.78, 5) is 10.8. The molecular weight excluding hydrogens is 171 g/mol. The average Bonchev–Trinajstić information content (AvgIpc) is 2.04. The van der Waals surface area contributed by atoms with Crippen LogP contribution < -0.4 is 0 Å². The van der Waals surface area contributed by atoms with E-state index in [2.05, 4.69) is 0 Å². The van der Waals surface area contributed by atoms with Gasteiger partial charge in [-0.15, -0.1) is 0 Å². The van der Waals surface area contributed by atoms with E-state index in [1.165, 1.54) is 0 Å². The summed E-state index contributed by atoms with van der Waals surface area (Å²) in [6.45, 7) is 1.83. The number of carboxylic acid groups (broad SMARTS) is 1. The van der Waals surface area contributed by atoms with Crippen LogP contribution in [0.4, 0.5) is 4.39 Å². The smallest absolute Gasteiger partial charge is 0.307 e. The Morgan fingerprint density at radius 3 is 2.77 bits per heavy atom. The van der Waals surface area contributed by atoms with Gasteiger partial charge >= 0.3 is 5.97 Å². The first-order chi connectivity index (χ1) is 6.15. The fourth-order valence-corrected chi connectivity index (χ4v) is 1.92. The zero-order valence-corrected chi connectivity index (χ0v) is 7.74. The van der Waals surface area contributed by atoms with E-state index in [0.29, 0.717) is 19.3 Å². The first-order valence-corrected chi connectivity index (χ1v) is 4.64. The molecule has 1 saturated carbocycles. The number of hydrogen-bond acceptors (Lipinski definition) is 1. The second-order valence-corrected chi connectivity index (χ2v) is 3.54. The normalized spacial score (nSPS) is 35.1. The van der Waals surface area contributed by atoms with Crippen LogP contribution in [0.3, 0.4) is 0 Å². The van der Waals surface area contributed by atoms with Crippen molar-refractivity contribution in [2.24, 2.45) is 11.8 Å². The molecule has 0 aromatic carbocycles. The van der Waals surface area contributed by atoms with Gasteiger partial charge in [-0.05, 0) is 32.1 Å². The SMILES string of the molecule is CC=CC1CC(F)CCC1C(=O)O. The molecule has 3 heteroatoms. The Labute approximate surface area is 77.4 Å². The van der Waals surface area contributed by atoms with Crippen molar-refractivity contribution in [3.05, 3.63) is 12.2 Å². The summed E-state index contributed by atoms with van der Waals surface area (Å²) < 4.78 is 13.0. The Balaban J connectivity index is 2.65. The molecule has 74 valence electrons. The van der Waals surface area contributed by atoms with E-state index in [-0.39, 0.29) is 11.8 Å². The zero-order valence-electron chi connectivity index (χ0n) is 7.74. The van der Waals surface area contributed by atoms with Gasteiger partial charge < -0.3 is 5.11 Å². The number of carbonyl (C=O) groups is 1. The lowest BCUT2D eigenvalue weighted by molar-refractivity contribution is -0.144. The van der Waals surface area contributed by atoms with Crippen molar-refractivity contribution in [3.63, 3.8) is 0 Å². The van der Waals surface area contributed by atoms with E-state index in [4.69, 9.17) is 5.11 Å². The van der Waals surface area contributed by atoms with E-state index in [1.807, 2.05) is 13.0 Å². The molecule has 1 fully saturated rings. The van der Waals surface area contributed by atoms with E-state index in [1.54, 1.807) is 6.08 Å². The van der Waals surface area contributed by atoms with Crippen LogP contribution in [0.5, 0.6) is 0 Å². The molecule has 3 unspecified atom stereocenters. The summed E-state index contributed by atoms with van der Waals surface area (Å²) in [5.41, 5.74) is 0. The number of allylic oxidation sites excluding steroid dienone is 2. The number of rotatable bonds is 2. The second-order valence-electron chi connectivity index (χ2n) is 3.54. The first-order valence-electron chi connectivity index (χ1n) is 4.64. The van der Waals surface area contributed by atoms with E-state index in [9.17, 15) is 9.18 Å². The molecule has 0 heterocycles. The molecule has 0 aromatic rings. The van der Waals surface area contributed by atoms with E-state index >= 15 is 0 Å². The van der Waals surface area contributed by atoms with Crippen LogP contribution in [0, 0.1) is 11.8 Å². The maximum atomic E-state index is 13.0. The number of aliphatic carboxylic acids is 1. The molecule has 0 aliphatic heterocycles. The standard InChI is InChI=1S/C10H15FO2/c1-2-3-7-6-8(11)4-5-9(7)10(12)13/h2-3,7-9H,4-6H2,1H3,(H,12,13). The maximum Gasteiger partial charge on any atom is 0.307 e. The van der Waals surface area contributed by atoms with Crippen molar-refractivity contribution in [1.82, 2.24) is 0 Å². The molecule has 1 N–H and O–H groups in total. The number of alkyl halides is 1. The van der Waals surface area contributed by atoms with Gasteiger partial charge in [-0.2, -0.15) is 0 Å². The van der Waals surface area contributed by atoms with Crippen LogP contribution in [0.25, 0.3) is 0 Å². The lowest BCUT2D eigenvalue weighted by Crippen LogP contribution is -2.30. The van der Waals surface area contributed by atoms with Crippen molar-refractivity contribution in [2.45, 2.75) is 32.4 Å². The summed E-state index contributed by atoms with van der Waals surface area (Å²) >= 11 is 0. The molecule has 0 bridgehead atoms. The second kappa shape index (κ2) is 4.40. The molecule has 0 saturated heterocycles. The molecular formula is C10H15FO2. The fourth-order valence-electron chi connectivity index (χ4n) is 1.92. The van der Waals surface area contributed by atoms with Crippen molar-refractivity contribution in [2.75, 3.05) is 0 Å². The first kappa shape index (κ1) is 10.2. The molecule has 0 amide bonds. The predicted molar refractivity (Wildman–Crippen MR) is 48.2 cm³/mol. The lowest BCUT2D eigenvalue weighted by atomic mass is 9.78. The van der Waals surface area contributed by atoms with Crippen LogP contribution in [-0.4, -0.2) is 17.2 Å². The predicted octanol–water partition coefficient (Wildman–Crippen LogP) is 2.40. The van der Waals surface area contributed by atoms with Gasteiger partial charge in [0.15, 0.2) is 0 Å². The summed E-state index contributed by atoms with van der Waals surface area (Å²) in [5.74, 6) is -1.30. The van der Waals surface area contributed by atoms with E-state index < -0.39 is 12.1 Å². The highest BCUT2D eigenvalue weighted by molar-refractivity contribution is 5.70. The Morgan fingerprint density at radius 2 is 2.23 bits per heavy atom. The minimum Gasteiger partial charge on any atom is -0.481 e. The van der Waals surface area contributed by atoms with Gasteiger partial charge in [0.05, 0.1) is 5.92 Å². The Morgan fingerprint density at radius 1 is 1.54 bits per heavy atom. The lowest BCUT2D eigenvalue weighted by Gasteiger charge is -2.28. The molecule has 0 spiro atoms. The zero-order chi connectivity index (χ0) is 9.84. The van der Waals surface area contributed by atoms with Crippen LogP contribution in [0.15, 0.2) is 12.2 Å². The molecule has 0 radical (unpaired) electrons. The molecule has 1 rings (SSSR count). The minimum absolute atomic E-state index is 0.119. The van der Waals surface area contributed by atoms with Gasteiger partial charge in [0.25, 0.3) is 0 Å².